The van der Waals surface area contributed by atoms with Crippen molar-refractivity contribution < 1.29 is 9.59 Å². The van der Waals surface area contributed by atoms with Crippen molar-refractivity contribution in [3.05, 3.63) is 12.7 Å². The predicted octanol–water partition coefficient (Wildman–Crippen LogP) is 0.0729. The molecular formula is C14H22N6O2. The summed E-state index contributed by atoms with van der Waals surface area (Å²) >= 11 is 0. The molecule has 0 unspecified atom stereocenters. The molecule has 0 spiro atoms. The quantitative estimate of drug-likeness (QED) is 0.779. The molecule has 3 amide bonds. The fraction of sp³-hybridized carbons (Fsp3) is 0.714. The number of rotatable bonds is 5. The van der Waals surface area contributed by atoms with E-state index < -0.39 is 5.54 Å². The van der Waals surface area contributed by atoms with Crippen molar-refractivity contribution in [1.82, 2.24) is 29.9 Å². The van der Waals surface area contributed by atoms with Crippen molar-refractivity contribution >= 4 is 11.9 Å². The number of urea groups is 1. The van der Waals surface area contributed by atoms with E-state index in [0.717, 1.165) is 25.9 Å². The van der Waals surface area contributed by atoms with Crippen LogP contribution in [0.2, 0.25) is 0 Å². The standard InChI is InChI=1S/C14H22N6O2/c1-14(2)12(21)20(13(22)17-14)7-6-18-5-3-4-11(18)8-19-10-15-9-16-19/h9-11H,3-8H2,1-2H3,(H,17,22)/t11-/m1/s1. The van der Waals surface area contributed by atoms with Crippen molar-refractivity contribution in [2.75, 3.05) is 19.6 Å². The first-order chi connectivity index (χ1) is 10.5. The molecule has 0 radical (unpaired) electrons. The van der Waals surface area contributed by atoms with E-state index in [-0.39, 0.29) is 11.9 Å². The third kappa shape index (κ3) is 2.83. The first-order valence-corrected chi connectivity index (χ1v) is 7.68. The molecule has 2 aliphatic heterocycles. The minimum atomic E-state index is -0.789. The lowest BCUT2D eigenvalue weighted by Gasteiger charge is -2.26. The molecule has 1 aromatic heterocycles. The van der Waals surface area contributed by atoms with Gasteiger partial charge in [-0.25, -0.2) is 9.78 Å². The Morgan fingerprint density at radius 3 is 2.82 bits per heavy atom. The van der Waals surface area contributed by atoms with Gasteiger partial charge in [0.05, 0.1) is 6.54 Å². The zero-order valence-corrected chi connectivity index (χ0v) is 13.0. The average molecular weight is 306 g/mol. The second kappa shape index (κ2) is 5.68. The number of aromatic nitrogens is 3. The molecule has 22 heavy (non-hydrogen) atoms. The van der Waals surface area contributed by atoms with Gasteiger partial charge < -0.3 is 5.32 Å². The van der Waals surface area contributed by atoms with Crippen LogP contribution < -0.4 is 5.32 Å². The molecule has 2 fully saturated rings. The zero-order chi connectivity index (χ0) is 15.7. The van der Waals surface area contributed by atoms with Crippen molar-refractivity contribution in [3.63, 3.8) is 0 Å². The van der Waals surface area contributed by atoms with E-state index in [2.05, 4.69) is 20.3 Å². The molecule has 120 valence electrons. The fourth-order valence-corrected chi connectivity index (χ4v) is 3.19. The van der Waals surface area contributed by atoms with Crippen molar-refractivity contribution in [1.29, 1.82) is 0 Å². The lowest BCUT2D eigenvalue weighted by atomic mass is 10.1. The number of amides is 3. The van der Waals surface area contributed by atoms with Gasteiger partial charge in [0.25, 0.3) is 5.91 Å². The maximum atomic E-state index is 12.2. The Morgan fingerprint density at radius 1 is 1.36 bits per heavy atom. The molecule has 3 rings (SSSR count). The second-order valence-electron chi connectivity index (χ2n) is 6.46. The van der Waals surface area contributed by atoms with Gasteiger partial charge in [-0.05, 0) is 33.2 Å². The van der Waals surface area contributed by atoms with Crippen molar-refractivity contribution in [2.45, 2.75) is 44.8 Å². The summed E-state index contributed by atoms with van der Waals surface area (Å²) in [5.74, 6) is -0.149. The number of hydrogen-bond donors (Lipinski definition) is 1. The Morgan fingerprint density at radius 2 is 2.18 bits per heavy atom. The van der Waals surface area contributed by atoms with Crippen LogP contribution in [0.5, 0.6) is 0 Å². The minimum Gasteiger partial charge on any atom is -0.324 e. The van der Waals surface area contributed by atoms with Gasteiger partial charge in [-0.3, -0.25) is 19.3 Å². The number of carbonyl (C=O) groups is 2. The molecule has 0 aliphatic carbocycles. The zero-order valence-electron chi connectivity index (χ0n) is 13.0. The van der Waals surface area contributed by atoms with Crippen LogP contribution in [0.15, 0.2) is 12.7 Å². The van der Waals surface area contributed by atoms with Crippen LogP contribution in [0.4, 0.5) is 4.79 Å². The van der Waals surface area contributed by atoms with Gasteiger partial charge in [-0.2, -0.15) is 5.10 Å². The molecule has 3 heterocycles. The number of imide groups is 1. The molecule has 0 saturated carbocycles. The van der Waals surface area contributed by atoms with Gasteiger partial charge in [0, 0.05) is 19.1 Å². The van der Waals surface area contributed by atoms with Crippen LogP contribution in [0.3, 0.4) is 0 Å². The number of likely N-dealkylation sites (tertiary alicyclic amines) is 1. The third-order valence-electron chi connectivity index (χ3n) is 4.42. The highest BCUT2D eigenvalue weighted by atomic mass is 16.2. The molecule has 8 nitrogen and oxygen atoms in total. The van der Waals surface area contributed by atoms with Crippen LogP contribution in [0.1, 0.15) is 26.7 Å². The molecule has 0 aromatic carbocycles. The Balaban J connectivity index is 1.56. The minimum absolute atomic E-state index is 0.149. The first-order valence-electron chi connectivity index (χ1n) is 7.68. The summed E-state index contributed by atoms with van der Waals surface area (Å²) in [6.07, 6.45) is 5.49. The van der Waals surface area contributed by atoms with Gasteiger partial charge in [-0.1, -0.05) is 0 Å². The fourth-order valence-electron chi connectivity index (χ4n) is 3.19. The summed E-state index contributed by atoms with van der Waals surface area (Å²) in [7, 11) is 0. The summed E-state index contributed by atoms with van der Waals surface area (Å²) < 4.78 is 1.83. The van der Waals surface area contributed by atoms with E-state index in [0.29, 0.717) is 19.1 Å². The topological polar surface area (TPSA) is 83.4 Å². The smallest absolute Gasteiger partial charge is 0.324 e. The van der Waals surface area contributed by atoms with Gasteiger partial charge >= 0.3 is 6.03 Å². The molecule has 1 N–H and O–H groups in total. The van der Waals surface area contributed by atoms with Gasteiger partial charge in [0.1, 0.15) is 18.2 Å². The Kier molecular flexibility index (Phi) is 3.86. The maximum absolute atomic E-state index is 12.2. The average Bonchev–Trinajstić information content (AvgIpc) is 3.14. The number of nitrogens with zero attached hydrogens (tertiary/aromatic N) is 5. The number of hydrogen-bond acceptors (Lipinski definition) is 5. The van der Waals surface area contributed by atoms with E-state index in [1.807, 2.05) is 4.68 Å². The number of carbonyl (C=O) groups excluding carboxylic acids is 2. The Bertz CT molecular complexity index is 556. The molecule has 1 atom stereocenters. The summed E-state index contributed by atoms with van der Waals surface area (Å²) in [5, 5.41) is 6.86. The predicted molar refractivity (Wildman–Crippen MR) is 78.9 cm³/mol. The Hall–Kier alpha value is -1.96. The summed E-state index contributed by atoms with van der Waals surface area (Å²) in [6.45, 7) is 6.39. The van der Waals surface area contributed by atoms with E-state index in [1.165, 1.54) is 11.2 Å². The third-order valence-corrected chi connectivity index (χ3v) is 4.42. The largest absolute Gasteiger partial charge is 0.325 e. The van der Waals surface area contributed by atoms with Crippen molar-refractivity contribution in [2.24, 2.45) is 0 Å². The number of nitrogens with one attached hydrogen (secondary N) is 1. The lowest BCUT2D eigenvalue weighted by Crippen LogP contribution is -2.43. The van der Waals surface area contributed by atoms with Crippen LogP contribution in [-0.4, -0.2) is 67.7 Å². The normalized spacial score (nSPS) is 25.0. The molecule has 1 aromatic rings. The maximum Gasteiger partial charge on any atom is 0.325 e. The monoisotopic (exact) mass is 306 g/mol. The van der Waals surface area contributed by atoms with Crippen LogP contribution in [0, 0.1) is 0 Å². The molecule has 8 heteroatoms. The molecule has 2 aliphatic rings. The summed E-state index contributed by atoms with van der Waals surface area (Å²) in [6, 6.07) is 0.0949. The van der Waals surface area contributed by atoms with Crippen LogP contribution >= 0.6 is 0 Å². The Labute approximate surface area is 129 Å². The second-order valence-corrected chi connectivity index (χ2v) is 6.46. The van der Waals surface area contributed by atoms with E-state index in [1.54, 1.807) is 20.2 Å². The van der Waals surface area contributed by atoms with Crippen LogP contribution in [-0.2, 0) is 11.3 Å². The SMILES string of the molecule is CC1(C)NC(=O)N(CCN2CCC[C@@H]2Cn2cncn2)C1=O. The van der Waals surface area contributed by atoms with E-state index >= 15 is 0 Å². The van der Waals surface area contributed by atoms with Gasteiger partial charge in [0.15, 0.2) is 0 Å². The summed E-state index contributed by atoms with van der Waals surface area (Å²) in [5.41, 5.74) is -0.789. The van der Waals surface area contributed by atoms with E-state index in [9.17, 15) is 9.59 Å². The first kappa shape index (κ1) is 15.0. The lowest BCUT2D eigenvalue weighted by molar-refractivity contribution is -0.130. The van der Waals surface area contributed by atoms with Gasteiger partial charge in [-0.15, -0.1) is 0 Å². The molecular weight excluding hydrogens is 284 g/mol. The molecule has 2 saturated heterocycles. The molecule has 0 bridgehead atoms. The van der Waals surface area contributed by atoms with Crippen LogP contribution in [0.25, 0.3) is 0 Å². The highest BCUT2D eigenvalue weighted by Gasteiger charge is 2.44. The van der Waals surface area contributed by atoms with Crippen molar-refractivity contribution in [3.8, 4) is 0 Å². The summed E-state index contributed by atoms with van der Waals surface area (Å²) in [4.78, 5) is 31.7. The van der Waals surface area contributed by atoms with Gasteiger partial charge in [0.2, 0.25) is 0 Å². The highest BCUT2D eigenvalue weighted by Crippen LogP contribution is 2.20. The van der Waals surface area contributed by atoms with E-state index in [4.69, 9.17) is 0 Å². The highest BCUT2D eigenvalue weighted by molar-refractivity contribution is 6.06.